The van der Waals surface area contributed by atoms with Crippen molar-refractivity contribution in [1.29, 1.82) is 0 Å². The van der Waals surface area contributed by atoms with Crippen LogP contribution in [0.3, 0.4) is 0 Å². The number of rotatable bonds is 6. The van der Waals surface area contributed by atoms with Gasteiger partial charge < -0.3 is 15.0 Å². The summed E-state index contributed by atoms with van der Waals surface area (Å²) in [6.45, 7) is 6.49. The molecule has 0 fully saturated rings. The van der Waals surface area contributed by atoms with Crippen LogP contribution in [-0.4, -0.2) is 32.7 Å². The number of aromatic amines is 1. The average Bonchev–Trinajstić information content (AvgIpc) is 3.51. The first-order valence-corrected chi connectivity index (χ1v) is 13.3. The fraction of sp³-hybridized carbons (Fsp3) is 0.304. The molecule has 1 unspecified atom stereocenters. The molecule has 10 heteroatoms. The summed E-state index contributed by atoms with van der Waals surface area (Å²) >= 11 is 4.35. The number of nitrogens with one attached hydrogen (secondary N) is 2. The molecule has 0 aliphatic carbocycles. The van der Waals surface area contributed by atoms with Crippen molar-refractivity contribution in [2.24, 2.45) is 0 Å². The van der Waals surface area contributed by atoms with Crippen molar-refractivity contribution >= 4 is 55.7 Å². The molecule has 5 rings (SSSR count). The van der Waals surface area contributed by atoms with Crippen LogP contribution in [0.4, 0.5) is 5.13 Å². The second-order valence-electron chi connectivity index (χ2n) is 7.88. The number of hydrogen-bond acceptors (Lipinski definition) is 8. The number of aryl methyl sites for hydroxylation is 2. The van der Waals surface area contributed by atoms with Gasteiger partial charge in [0, 0.05) is 22.2 Å². The number of aromatic nitrogens is 3. The Morgan fingerprint density at radius 3 is 3.03 bits per heavy atom. The topological polar surface area (TPSA) is 97.0 Å². The molecule has 7 nitrogen and oxygen atoms in total. The number of thioether (sulfide) groups is 1. The first-order chi connectivity index (χ1) is 15.9. The summed E-state index contributed by atoms with van der Waals surface area (Å²) in [6.07, 6.45) is 0.907. The number of thiazole rings is 1. The maximum Gasteiger partial charge on any atom is 0.259 e. The number of H-pyrrole nitrogens is 1. The van der Waals surface area contributed by atoms with E-state index in [4.69, 9.17) is 4.74 Å². The van der Waals surface area contributed by atoms with Crippen LogP contribution >= 0.6 is 34.4 Å². The molecule has 0 radical (unpaired) electrons. The fourth-order valence-corrected chi connectivity index (χ4v) is 6.19. The second kappa shape index (κ2) is 8.92. The SMILES string of the molecule is Cc1sc2nc(CSC(C)C(=O)Nc3nc(-c4ccc5c(c4)CCO5)cs3)[nH]c(=O)c2c1C. The summed E-state index contributed by atoms with van der Waals surface area (Å²) in [5.74, 6) is 1.83. The largest absolute Gasteiger partial charge is 0.493 e. The van der Waals surface area contributed by atoms with Crippen LogP contribution in [0.2, 0.25) is 0 Å². The molecule has 0 spiro atoms. The van der Waals surface area contributed by atoms with Crippen molar-refractivity contribution in [1.82, 2.24) is 15.0 Å². The Labute approximate surface area is 202 Å². The van der Waals surface area contributed by atoms with Crippen LogP contribution in [0.1, 0.15) is 28.8 Å². The number of benzene rings is 1. The van der Waals surface area contributed by atoms with Gasteiger partial charge in [0.15, 0.2) is 5.13 Å². The van der Waals surface area contributed by atoms with Crippen molar-refractivity contribution in [2.45, 2.75) is 38.2 Å². The molecule has 0 saturated carbocycles. The van der Waals surface area contributed by atoms with E-state index < -0.39 is 0 Å². The van der Waals surface area contributed by atoms with Gasteiger partial charge in [-0.3, -0.25) is 9.59 Å². The minimum Gasteiger partial charge on any atom is -0.493 e. The summed E-state index contributed by atoms with van der Waals surface area (Å²) in [6, 6.07) is 6.07. The quantitative estimate of drug-likeness (QED) is 0.392. The Morgan fingerprint density at radius 2 is 2.18 bits per heavy atom. The molecule has 1 amide bonds. The predicted molar refractivity (Wildman–Crippen MR) is 136 cm³/mol. The van der Waals surface area contributed by atoms with Gasteiger partial charge in [0.25, 0.3) is 5.56 Å². The molecule has 170 valence electrons. The van der Waals surface area contributed by atoms with Crippen LogP contribution in [-0.2, 0) is 17.0 Å². The van der Waals surface area contributed by atoms with Crippen LogP contribution in [0, 0.1) is 13.8 Å². The minimum atomic E-state index is -0.331. The molecule has 2 N–H and O–H groups in total. The van der Waals surface area contributed by atoms with Crippen molar-refractivity contribution in [3.05, 3.63) is 55.8 Å². The summed E-state index contributed by atoms with van der Waals surface area (Å²) in [5, 5.41) is 5.74. The molecule has 1 aliphatic heterocycles. The van der Waals surface area contributed by atoms with Crippen LogP contribution < -0.4 is 15.6 Å². The monoisotopic (exact) mass is 498 g/mol. The second-order valence-corrected chi connectivity index (χ2v) is 11.3. The summed E-state index contributed by atoms with van der Waals surface area (Å²) in [4.78, 5) is 39.0. The lowest BCUT2D eigenvalue weighted by molar-refractivity contribution is -0.115. The molecule has 1 aromatic carbocycles. The van der Waals surface area contributed by atoms with Gasteiger partial charge in [-0.15, -0.1) is 34.4 Å². The van der Waals surface area contributed by atoms with Gasteiger partial charge >= 0.3 is 0 Å². The van der Waals surface area contributed by atoms with E-state index >= 15 is 0 Å². The van der Waals surface area contributed by atoms with E-state index in [1.165, 1.54) is 40.0 Å². The highest BCUT2D eigenvalue weighted by atomic mass is 32.2. The molecule has 33 heavy (non-hydrogen) atoms. The van der Waals surface area contributed by atoms with Crippen molar-refractivity contribution < 1.29 is 9.53 Å². The molecular formula is C23H22N4O3S3. The first kappa shape index (κ1) is 22.1. The van der Waals surface area contributed by atoms with Crippen LogP contribution in [0.15, 0.2) is 28.4 Å². The third-order valence-corrected chi connectivity index (χ3v) is 8.66. The lowest BCUT2D eigenvalue weighted by Gasteiger charge is -2.10. The van der Waals surface area contributed by atoms with E-state index in [0.717, 1.165) is 45.3 Å². The van der Waals surface area contributed by atoms with Crippen molar-refractivity contribution in [2.75, 3.05) is 11.9 Å². The van der Waals surface area contributed by atoms with Gasteiger partial charge in [-0.05, 0) is 50.1 Å². The van der Waals surface area contributed by atoms with Crippen molar-refractivity contribution in [3.63, 3.8) is 0 Å². The highest BCUT2D eigenvalue weighted by molar-refractivity contribution is 7.99. The highest BCUT2D eigenvalue weighted by Crippen LogP contribution is 2.32. The van der Waals surface area contributed by atoms with Gasteiger partial charge in [0.1, 0.15) is 16.4 Å². The Morgan fingerprint density at radius 1 is 1.33 bits per heavy atom. The lowest BCUT2D eigenvalue weighted by Crippen LogP contribution is -2.23. The molecule has 0 bridgehead atoms. The average molecular weight is 499 g/mol. The predicted octanol–water partition coefficient (Wildman–Crippen LogP) is 4.92. The standard InChI is InChI=1S/C23H22N4O3S3/c1-11-12(2)33-22-19(11)21(29)25-18(26-22)10-31-13(3)20(28)27-23-24-16(9-32-23)14-4-5-17-15(8-14)6-7-30-17/h4-5,8-9,13H,6-7,10H2,1-3H3,(H,24,27,28)(H,25,26,29). The van der Waals surface area contributed by atoms with E-state index in [0.29, 0.717) is 22.1 Å². The maximum absolute atomic E-state index is 12.7. The smallest absolute Gasteiger partial charge is 0.259 e. The Bertz CT molecular complexity index is 1420. The van der Waals surface area contributed by atoms with E-state index in [9.17, 15) is 9.59 Å². The number of thiophene rings is 1. The van der Waals surface area contributed by atoms with Gasteiger partial charge in [-0.1, -0.05) is 0 Å². The van der Waals surface area contributed by atoms with Gasteiger partial charge in [0.2, 0.25) is 5.91 Å². The third kappa shape index (κ3) is 4.42. The number of fused-ring (bicyclic) bond motifs is 2. The molecule has 4 aromatic rings. The Balaban J connectivity index is 1.22. The minimum absolute atomic E-state index is 0.122. The molecule has 1 atom stereocenters. The zero-order valence-corrected chi connectivity index (χ0v) is 20.8. The lowest BCUT2D eigenvalue weighted by atomic mass is 10.1. The number of carbonyl (C=O) groups excluding carboxylic acids is 1. The van der Waals surface area contributed by atoms with E-state index in [1.807, 2.05) is 38.3 Å². The van der Waals surface area contributed by atoms with Gasteiger partial charge in [-0.2, -0.15) is 0 Å². The van der Waals surface area contributed by atoms with Gasteiger partial charge in [-0.25, -0.2) is 9.97 Å². The summed E-state index contributed by atoms with van der Waals surface area (Å²) in [5.41, 5.74) is 3.90. The van der Waals surface area contributed by atoms with Crippen LogP contribution in [0.5, 0.6) is 5.75 Å². The molecular weight excluding hydrogens is 476 g/mol. The van der Waals surface area contributed by atoms with E-state index in [-0.39, 0.29) is 16.7 Å². The highest BCUT2D eigenvalue weighted by Gasteiger charge is 2.18. The molecule has 4 heterocycles. The number of ether oxygens (including phenoxy) is 1. The molecule has 1 aliphatic rings. The molecule has 0 saturated heterocycles. The normalized spacial score (nSPS) is 13.7. The number of nitrogens with zero attached hydrogens (tertiary/aromatic N) is 2. The number of hydrogen-bond donors (Lipinski definition) is 2. The van der Waals surface area contributed by atoms with Crippen LogP contribution in [0.25, 0.3) is 21.5 Å². The Hall–Kier alpha value is -2.69. The fourth-order valence-electron chi connectivity index (χ4n) is 3.66. The number of carbonyl (C=O) groups is 1. The molecule has 3 aromatic heterocycles. The first-order valence-electron chi connectivity index (χ1n) is 10.5. The Kier molecular flexibility index (Phi) is 5.98. The van der Waals surface area contributed by atoms with Crippen molar-refractivity contribution in [3.8, 4) is 17.0 Å². The zero-order chi connectivity index (χ0) is 23.1. The van der Waals surface area contributed by atoms with E-state index in [1.54, 1.807) is 0 Å². The third-order valence-electron chi connectivity index (χ3n) is 5.65. The summed E-state index contributed by atoms with van der Waals surface area (Å²) in [7, 11) is 0. The van der Waals surface area contributed by atoms with E-state index in [2.05, 4.69) is 26.3 Å². The number of anilines is 1. The summed E-state index contributed by atoms with van der Waals surface area (Å²) < 4.78 is 5.56. The number of amides is 1. The zero-order valence-electron chi connectivity index (χ0n) is 18.4. The maximum atomic E-state index is 12.7. The van der Waals surface area contributed by atoms with Gasteiger partial charge in [0.05, 0.1) is 28.7 Å².